The molecule has 0 saturated heterocycles. The van der Waals surface area contributed by atoms with Crippen LogP contribution in [0.3, 0.4) is 0 Å². The van der Waals surface area contributed by atoms with E-state index >= 15 is 0 Å². The summed E-state index contributed by atoms with van der Waals surface area (Å²) in [6.45, 7) is 6.73. The average molecular weight is 379 g/mol. The van der Waals surface area contributed by atoms with E-state index in [1.54, 1.807) is 12.6 Å². The van der Waals surface area contributed by atoms with Gasteiger partial charge in [-0.1, -0.05) is 45.0 Å². The van der Waals surface area contributed by atoms with Crippen LogP contribution in [0.4, 0.5) is 0 Å². The third-order valence-electron chi connectivity index (χ3n) is 5.23. The molecule has 0 spiro atoms. The Labute approximate surface area is 169 Å². The second-order valence-corrected chi connectivity index (χ2v) is 8.31. The van der Waals surface area contributed by atoms with E-state index in [9.17, 15) is 0 Å². The molecule has 0 aliphatic carbocycles. The molecule has 142 valence electrons. The van der Waals surface area contributed by atoms with Gasteiger partial charge in [-0.3, -0.25) is 4.98 Å². The SMILES string of the molecule is CC(C)(C)c1cc(-c2cc(-c3cc4occc4cn3)ncn2)cc2ccccc12. The molecule has 0 N–H and O–H groups in total. The molecule has 5 rings (SSSR count). The largest absolute Gasteiger partial charge is 0.464 e. The van der Waals surface area contributed by atoms with Crippen LogP contribution in [0, 0.1) is 0 Å². The van der Waals surface area contributed by atoms with Crippen molar-refractivity contribution in [3.05, 3.63) is 78.9 Å². The summed E-state index contributed by atoms with van der Waals surface area (Å²) in [6.07, 6.45) is 5.08. The molecule has 0 atom stereocenters. The molecule has 3 heterocycles. The van der Waals surface area contributed by atoms with E-state index in [1.807, 2.05) is 24.4 Å². The monoisotopic (exact) mass is 379 g/mol. The normalized spacial score (nSPS) is 12.0. The van der Waals surface area contributed by atoms with Gasteiger partial charge in [0, 0.05) is 23.2 Å². The van der Waals surface area contributed by atoms with Crippen molar-refractivity contribution in [3.8, 4) is 22.6 Å². The fourth-order valence-corrected chi connectivity index (χ4v) is 3.73. The van der Waals surface area contributed by atoms with Gasteiger partial charge in [-0.05, 0) is 46.0 Å². The predicted molar refractivity (Wildman–Crippen MR) is 117 cm³/mol. The highest BCUT2D eigenvalue weighted by atomic mass is 16.3. The van der Waals surface area contributed by atoms with Gasteiger partial charge in [0.25, 0.3) is 0 Å². The summed E-state index contributed by atoms with van der Waals surface area (Å²) in [7, 11) is 0. The summed E-state index contributed by atoms with van der Waals surface area (Å²) in [5.41, 5.74) is 5.64. The van der Waals surface area contributed by atoms with Crippen molar-refractivity contribution >= 4 is 21.7 Å². The highest BCUT2D eigenvalue weighted by Crippen LogP contribution is 2.34. The molecule has 4 nitrogen and oxygen atoms in total. The zero-order valence-corrected chi connectivity index (χ0v) is 16.7. The van der Waals surface area contributed by atoms with E-state index in [2.05, 4.69) is 72.1 Å². The number of benzene rings is 2. The van der Waals surface area contributed by atoms with Gasteiger partial charge in [-0.15, -0.1) is 0 Å². The smallest absolute Gasteiger partial charge is 0.137 e. The molecule has 0 radical (unpaired) electrons. The summed E-state index contributed by atoms with van der Waals surface area (Å²) < 4.78 is 5.51. The van der Waals surface area contributed by atoms with Crippen molar-refractivity contribution in [3.63, 3.8) is 0 Å². The van der Waals surface area contributed by atoms with Crippen LogP contribution < -0.4 is 0 Å². The van der Waals surface area contributed by atoms with Crippen LogP contribution >= 0.6 is 0 Å². The minimum absolute atomic E-state index is 0.0252. The second-order valence-electron chi connectivity index (χ2n) is 8.31. The molecule has 0 saturated carbocycles. The molecule has 0 amide bonds. The van der Waals surface area contributed by atoms with E-state index in [0.717, 1.165) is 33.6 Å². The van der Waals surface area contributed by atoms with Crippen LogP contribution in [0.2, 0.25) is 0 Å². The standard InChI is InChI=1S/C25H21N3O/c1-25(2,3)20-11-18(10-16-6-4-5-7-19(16)20)21-12-22(28-15-27-21)23-13-24-17(14-26-23)8-9-29-24/h4-15H,1-3H3. The Balaban J connectivity index is 1.66. The van der Waals surface area contributed by atoms with Crippen LogP contribution in [0.15, 0.2) is 77.8 Å². The Morgan fingerprint density at radius 2 is 1.55 bits per heavy atom. The maximum absolute atomic E-state index is 5.51. The molecule has 29 heavy (non-hydrogen) atoms. The van der Waals surface area contributed by atoms with E-state index < -0.39 is 0 Å². The van der Waals surface area contributed by atoms with Gasteiger partial charge < -0.3 is 4.42 Å². The van der Waals surface area contributed by atoms with Crippen LogP contribution in [-0.2, 0) is 5.41 Å². The van der Waals surface area contributed by atoms with Crippen molar-refractivity contribution in [1.29, 1.82) is 0 Å². The number of pyridine rings is 1. The summed E-state index contributed by atoms with van der Waals surface area (Å²) in [6, 6.07) is 18.8. The molecule has 3 aromatic heterocycles. The molecule has 2 aromatic carbocycles. The minimum atomic E-state index is 0.0252. The lowest BCUT2D eigenvalue weighted by Gasteiger charge is -2.22. The molecule has 0 aliphatic heterocycles. The van der Waals surface area contributed by atoms with Gasteiger partial charge in [-0.25, -0.2) is 9.97 Å². The Bertz CT molecular complexity index is 1350. The van der Waals surface area contributed by atoms with Gasteiger partial charge in [0.15, 0.2) is 0 Å². The Kier molecular flexibility index (Phi) is 3.95. The van der Waals surface area contributed by atoms with Crippen molar-refractivity contribution in [1.82, 2.24) is 15.0 Å². The van der Waals surface area contributed by atoms with Gasteiger partial charge in [0.05, 0.1) is 23.3 Å². The fraction of sp³-hybridized carbons (Fsp3) is 0.160. The lowest BCUT2D eigenvalue weighted by atomic mass is 9.82. The third-order valence-corrected chi connectivity index (χ3v) is 5.23. The Hall–Kier alpha value is -3.53. The summed E-state index contributed by atoms with van der Waals surface area (Å²) >= 11 is 0. The Morgan fingerprint density at radius 1 is 0.759 bits per heavy atom. The van der Waals surface area contributed by atoms with E-state index in [0.29, 0.717) is 0 Å². The molecule has 0 fully saturated rings. The number of furan rings is 1. The van der Waals surface area contributed by atoms with E-state index in [1.165, 1.54) is 16.3 Å². The first-order valence-corrected chi connectivity index (χ1v) is 9.68. The van der Waals surface area contributed by atoms with Crippen LogP contribution in [0.5, 0.6) is 0 Å². The quantitative estimate of drug-likeness (QED) is 0.356. The number of hydrogen-bond donors (Lipinski definition) is 0. The molecule has 5 aromatic rings. The average Bonchev–Trinajstić information content (AvgIpc) is 3.20. The maximum Gasteiger partial charge on any atom is 0.137 e. The van der Waals surface area contributed by atoms with Gasteiger partial charge in [0.2, 0.25) is 0 Å². The fourth-order valence-electron chi connectivity index (χ4n) is 3.73. The number of hydrogen-bond acceptors (Lipinski definition) is 4. The first-order chi connectivity index (χ1) is 14.0. The molecule has 0 unspecified atom stereocenters. The molecule has 4 heteroatoms. The number of rotatable bonds is 2. The third kappa shape index (κ3) is 3.17. The zero-order chi connectivity index (χ0) is 20.0. The van der Waals surface area contributed by atoms with Gasteiger partial charge in [0.1, 0.15) is 11.9 Å². The van der Waals surface area contributed by atoms with Crippen molar-refractivity contribution in [2.24, 2.45) is 0 Å². The summed E-state index contributed by atoms with van der Waals surface area (Å²) in [5.74, 6) is 0. The second kappa shape index (κ2) is 6.52. The number of fused-ring (bicyclic) bond motifs is 2. The molecular formula is C25H21N3O. The van der Waals surface area contributed by atoms with Gasteiger partial charge in [-0.2, -0.15) is 0 Å². The topological polar surface area (TPSA) is 51.8 Å². The first-order valence-electron chi connectivity index (χ1n) is 9.68. The maximum atomic E-state index is 5.51. The van der Waals surface area contributed by atoms with Crippen molar-refractivity contribution in [2.45, 2.75) is 26.2 Å². The highest BCUT2D eigenvalue weighted by molar-refractivity contribution is 5.91. The number of aromatic nitrogens is 3. The van der Waals surface area contributed by atoms with E-state index in [-0.39, 0.29) is 5.41 Å². The van der Waals surface area contributed by atoms with Crippen LogP contribution in [-0.4, -0.2) is 15.0 Å². The molecule has 0 aliphatic rings. The van der Waals surface area contributed by atoms with E-state index in [4.69, 9.17) is 4.42 Å². The zero-order valence-electron chi connectivity index (χ0n) is 16.7. The first kappa shape index (κ1) is 17.6. The lowest BCUT2D eigenvalue weighted by Crippen LogP contribution is -2.12. The molecular weight excluding hydrogens is 358 g/mol. The van der Waals surface area contributed by atoms with Gasteiger partial charge >= 0.3 is 0 Å². The number of nitrogens with zero attached hydrogens (tertiary/aromatic N) is 3. The van der Waals surface area contributed by atoms with Crippen molar-refractivity contribution in [2.75, 3.05) is 0 Å². The Morgan fingerprint density at radius 3 is 2.41 bits per heavy atom. The van der Waals surface area contributed by atoms with Crippen LogP contribution in [0.25, 0.3) is 44.4 Å². The van der Waals surface area contributed by atoms with Crippen LogP contribution in [0.1, 0.15) is 26.3 Å². The lowest BCUT2D eigenvalue weighted by molar-refractivity contribution is 0.596. The molecule has 0 bridgehead atoms. The summed E-state index contributed by atoms with van der Waals surface area (Å²) in [4.78, 5) is 13.5. The van der Waals surface area contributed by atoms with Crippen molar-refractivity contribution < 1.29 is 4.42 Å². The minimum Gasteiger partial charge on any atom is -0.464 e. The summed E-state index contributed by atoms with van der Waals surface area (Å²) in [5, 5.41) is 3.47. The predicted octanol–water partition coefficient (Wildman–Crippen LogP) is 6.40. The highest BCUT2D eigenvalue weighted by Gasteiger charge is 2.19.